The van der Waals surface area contributed by atoms with Crippen LogP contribution in [-0.4, -0.2) is 27.8 Å². The van der Waals surface area contributed by atoms with E-state index >= 15 is 0 Å². The molecule has 2 N–H and O–H groups in total. The van der Waals surface area contributed by atoms with Crippen LogP contribution < -0.4 is 4.74 Å². The Hall–Kier alpha value is -1.81. The molecule has 2 rings (SSSR count). The molecule has 0 bridgehead atoms. The maximum atomic E-state index is 8.93. The molecule has 0 amide bonds. The van der Waals surface area contributed by atoms with Gasteiger partial charge in [-0.05, 0) is 45.0 Å². The number of aromatic amines is 1. The fraction of sp³-hybridized carbons (Fsp3) is 0.400. The maximum absolute atomic E-state index is 8.93. The van der Waals surface area contributed by atoms with Crippen LogP contribution in [0, 0.1) is 6.92 Å². The standard InChI is InChI=1S/C15H20N2O2/c1-10(2)19-13-6-4-12(5-7-13)15-11(3)16-14(17-15)8-9-18/h4-7,10,18H,8-9H2,1-3H3,(H,16,17). The van der Waals surface area contributed by atoms with E-state index in [0.29, 0.717) is 6.42 Å². The van der Waals surface area contributed by atoms with Gasteiger partial charge in [0.15, 0.2) is 0 Å². The third-order valence-corrected chi connectivity index (χ3v) is 2.78. The molecule has 19 heavy (non-hydrogen) atoms. The lowest BCUT2D eigenvalue weighted by atomic mass is 10.1. The van der Waals surface area contributed by atoms with Crippen LogP contribution in [0.25, 0.3) is 11.3 Å². The number of ether oxygens (including phenoxy) is 1. The Morgan fingerprint density at radius 1 is 1.26 bits per heavy atom. The van der Waals surface area contributed by atoms with Gasteiger partial charge in [0.25, 0.3) is 0 Å². The van der Waals surface area contributed by atoms with Crippen molar-refractivity contribution in [2.24, 2.45) is 0 Å². The molecule has 4 heteroatoms. The molecule has 102 valence electrons. The van der Waals surface area contributed by atoms with E-state index in [1.165, 1.54) is 0 Å². The van der Waals surface area contributed by atoms with Gasteiger partial charge in [0, 0.05) is 17.7 Å². The van der Waals surface area contributed by atoms with Gasteiger partial charge in [0.05, 0.1) is 18.4 Å². The average molecular weight is 260 g/mol. The number of nitrogens with zero attached hydrogens (tertiary/aromatic N) is 1. The zero-order chi connectivity index (χ0) is 13.8. The Bertz CT molecular complexity index is 530. The normalized spacial score (nSPS) is 11.0. The van der Waals surface area contributed by atoms with Crippen molar-refractivity contribution in [1.82, 2.24) is 9.97 Å². The van der Waals surface area contributed by atoms with Crippen molar-refractivity contribution in [1.29, 1.82) is 0 Å². The first-order valence-electron chi connectivity index (χ1n) is 6.53. The molecule has 0 atom stereocenters. The van der Waals surface area contributed by atoms with Crippen molar-refractivity contribution < 1.29 is 9.84 Å². The lowest BCUT2D eigenvalue weighted by Crippen LogP contribution is -2.05. The molecule has 1 aromatic carbocycles. The van der Waals surface area contributed by atoms with Gasteiger partial charge in [-0.25, -0.2) is 4.98 Å². The number of benzene rings is 1. The number of rotatable bonds is 5. The summed E-state index contributed by atoms with van der Waals surface area (Å²) in [6.07, 6.45) is 0.726. The van der Waals surface area contributed by atoms with E-state index in [1.54, 1.807) is 0 Å². The summed E-state index contributed by atoms with van der Waals surface area (Å²) in [5.74, 6) is 1.68. The summed E-state index contributed by atoms with van der Waals surface area (Å²) in [6, 6.07) is 7.91. The van der Waals surface area contributed by atoms with E-state index in [4.69, 9.17) is 9.84 Å². The van der Waals surface area contributed by atoms with Crippen molar-refractivity contribution in [3.63, 3.8) is 0 Å². The minimum atomic E-state index is 0.105. The van der Waals surface area contributed by atoms with E-state index in [1.807, 2.05) is 45.0 Å². The Labute approximate surface area is 113 Å². The minimum Gasteiger partial charge on any atom is -0.491 e. The maximum Gasteiger partial charge on any atom is 0.119 e. The molecule has 0 aliphatic rings. The molecule has 1 aromatic heterocycles. The van der Waals surface area contributed by atoms with Gasteiger partial charge in [-0.2, -0.15) is 0 Å². The quantitative estimate of drug-likeness (QED) is 0.869. The smallest absolute Gasteiger partial charge is 0.119 e. The number of aliphatic hydroxyl groups is 1. The molecule has 0 aliphatic heterocycles. The van der Waals surface area contributed by atoms with Crippen molar-refractivity contribution >= 4 is 0 Å². The van der Waals surface area contributed by atoms with E-state index in [9.17, 15) is 0 Å². The molecule has 0 saturated carbocycles. The second kappa shape index (κ2) is 5.89. The van der Waals surface area contributed by atoms with Crippen LogP contribution in [0.5, 0.6) is 5.75 Å². The molecular formula is C15H20N2O2. The van der Waals surface area contributed by atoms with Crippen LogP contribution in [0.15, 0.2) is 24.3 Å². The van der Waals surface area contributed by atoms with Crippen molar-refractivity contribution in [3.8, 4) is 17.0 Å². The van der Waals surface area contributed by atoms with Crippen LogP contribution in [0.2, 0.25) is 0 Å². The van der Waals surface area contributed by atoms with E-state index in [-0.39, 0.29) is 12.7 Å². The summed E-state index contributed by atoms with van der Waals surface area (Å²) in [7, 11) is 0. The fourth-order valence-electron chi connectivity index (χ4n) is 1.99. The van der Waals surface area contributed by atoms with Gasteiger partial charge in [-0.15, -0.1) is 0 Å². The van der Waals surface area contributed by atoms with Crippen LogP contribution in [0.4, 0.5) is 0 Å². The monoisotopic (exact) mass is 260 g/mol. The van der Waals surface area contributed by atoms with Crippen LogP contribution in [0.3, 0.4) is 0 Å². The number of H-pyrrole nitrogens is 1. The molecular weight excluding hydrogens is 240 g/mol. The Balaban J connectivity index is 2.21. The Morgan fingerprint density at radius 3 is 2.53 bits per heavy atom. The second-order valence-electron chi connectivity index (χ2n) is 4.82. The number of imidazole rings is 1. The summed E-state index contributed by atoms with van der Waals surface area (Å²) >= 11 is 0. The second-order valence-corrected chi connectivity index (χ2v) is 4.82. The third kappa shape index (κ3) is 3.35. The summed E-state index contributed by atoms with van der Waals surface area (Å²) in [5.41, 5.74) is 2.99. The molecule has 0 saturated heterocycles. The van der Waals surface area contributed by atoms with Crippen LogP contribution in [0.1, 0.15) is 25.4 Å². The highest BCUT2D eigenvalue weighted by atomic mass is 16.5. The van der Waals surface area contributed by atoms with Crippen molar-refractivity contribution in [2.75, 3.05) is 6.61 Å². The molecule has 4 nitrogen and oxygen atoms in total. The summed E-state index contributed by atoms with van der Waals surface area (Å²) in [4.78, 5) is 7.69. The first-order chi connectivity index (χ1) is 9.10. The van der Waals surface area contributed by atoms with Crippen molar-refractivity contribution in [3.05, 3.63) is 35.8 Å². The fourth-order valence-corrected chi connectivity index (χ4v) is 1.99. The summed E-state index contributed by atoms with van der Waals surface area (Å²) in [6.45, 7) is 6.11. The lowest BCUT2D eigenvalue weighted by molar-refractivity contribution is 0.242. The van der Waals surface area contributed by atoms with Crippen LogP contribution >= 0.6 is 0 Å². The Kier molecular flexibility index (Phi) is 4.22. The van der Waals surface area contributed by atoms with Gasteiger partial charge < -0.3 is 14.8 Å². The highest BCUT2D eigenvalue weighted by Crippen LogP contribution is 2.24. The summed E-state index contributed by atoms with van der Waals surface area (Å²) < 4.78 is 5.62. The zero-order valence-electron chi connectivity index (χ0n) is 11.6. The van der Waals surface area contributed by atoms with Gasteiger partial charge in [-0.1, -0.05) is 0 Å². The molecule has 0 aliphatic carbocycles. The first kappa shape index (κ1) is 13.6. The molecule has 0 unspecified atom stereocenters. The largest absolute Gasteiger partial charge is 0.491 e. The number of aryl methyl sites for hydroxylation is 1. The van der Waals surface area contributed by atoms with Gasteiger partial charge in [0.1, 0.15) is 11.6 Å². The molecule has 0 radical (unpaired) electrons. The predicted octanol–water partition coefficient (Wildman–Crippen LogP) is 2.71. The molecule has 2 aromatic rings. The highest BCUT2D eigenvalue weighted by molar-refractivity contribution is 5.62. The number of aliphatic hydroxyl groups excluding tert-OH is 1. The molecule has 1 heterocycles. The SMILES string of the molecule is Cc1[nH]c(CCO)nc1-c1ccc(OC(C)C)cc1. The molecule has 0 fully saturated rings. The highest BCUT2D eigenvalue weighted by Gasteiger charge is 2.09. The van der Waals surface area contributed by atoms with E-state index < -0.39 is 0 Å². The van der Waals surface area contributed by atoms with Gasteiger partial charge in [-0.3, -0.25) is 0 Å². The number of nitrogens with one attached hydrogen (secondary N) is 1. The predicted molar refractivity (Wildman–Crippen MR) is 75.3 cm³/mol. The summed E-state index contributed by atoms with van der Waals surface area (Å²) in [5, 5.41) is 8.93. The molecule has 0 spiro atoms. The third-order valence-electron chi connectivity index (χ3n) is 2.78. The average Bonchev–Trinajstić information content (AvgIpc) is 2.71. The zero-order valence-corrected chi connectivity index (χ0v) is 11.6. The van der Waals surface area contributed by atoms with E-state index in [2.05, 4.69) is 9.97 Å². The van der Waals surface area contributed by atoms with E-state index in [0.717, 1.165) is 28.5 Å². The number of hydrogen-bond acceptors (Lipinski definition) is 3. The number of hydrogen-bond donors (Lipinski definition) is 2. The van der Waals surface area contributed by atoms with Crippen molar-refractivity contribution in [2.45, 2.75) is 33.3 Å². The topological polar surface area (TPSA) is 58.1 Å². The van der Waals surface area contributed by atoms with Gasteiger partial charge in [0.2, 0.25) is 0 Å². The lowest BCUT2D eigenvalue weighted by Gasteiger charge is -2.09. The minimum absolute atomic E-state index is 0.105. The Morgan fingerprint density at radius 2 is 1.95 bits per heavy atom. The van der Waals surface area contributed by atoms with Gasteiger partial charge >= 0.3 is 0 Å². The van der Waals surface area contributed by atoms with Crippen LogP contribution in [-0.2, 0) is 6.42 Å². The number of aromatic nitrogens is 2. The first-order valence-corrected chi connectivity index (χ1v) is 6.53.